The van der Waals surface area contributed by atoms with E-state index in [0.717, 1.165) is 5.56 Å². The third-order valence-electron chi connectivity index (χ3n) is 3.38. The van der Waals surface area contributed by atoms with E-state index in [-0.39, 0.29) is 23.7 Å². The fourth-order valence-corrected chi connectivity index (χ4v) is 2.14. The van der Waals surface area contributed by atoms with Crippen LogP contribution in [0.5, 0.6) is 0 Å². The maximum atomic E-state index is 12.3. The van der Waals surface area contributed by atoms with Gasteiger partial charge in [-0.15, -0.1) is 0 Å². The SMILES string of the molecule is CC(C)COC(=O)c1ccccc1C(=O)OCCc1ccccc1. The molecule has 0 heterocycles. The molecule has 0 N–H and O–H groups in total. The lowest BCUT2D eigenvalue weighted by Gasteiger charge is -2.11. The molecule has 2 rings (SSSR count). The van der Waals surface area contributed by atoms with Gasteiger partial charge in [0.05, 0.1) is 24.3 Å². The molecule has 0 saturated heterocycles. The van der Waals surface area contributed by atoms with Crippen molar-refractivity contribution in [3.05, 3.63) is 71.3 Å². The highest BCUT2D eigenvalue weighted by molar-refractivity contribution is 6.03. The molecule has 0 aliphatic heterocycles. The van der Waals surface area contributed by atoms with Gasteiger partial charge in [-0.1, -0.05) is 56.3 Å². The Hall–Kier alpha value is -2.62. The number of hydrogen-bond donors (Lipinski definition) is 0. The van der Waals surface area contributed by atoms with Gasteiger partial charge in [-0.3, -0.25) is 0 Å². The Morgan fingerprint density at radius 2 is 1.38 bits per heavy atom. The van der Waals surface area contributed by atoms with Gasteiger partial charge in [0.25, 0.3) is 0 Å². The van der Waals surface area contributed by atoms with Crippen molar-refractivity contribution >= 4 is 11.9 Å². The molecule has 0 saturated carbocycles. The van der Waals surface area contributed by atoms with Crippen molar-refractivity contribution in [3.8, 4) is 0 Å². The fraction of sp³-hybridized carbons (Fsp3) is 0.300. The average Bonchev–Trinajstić information content (AvgIpc) is 2.60. The van der Waals surface area contributed by atoms with Crippen LogP contribution in [0.4, 0.5) is 0 Å². The minimum Gasteiger partial charge on any atom is -0.462 e. The number of benzene rings is 2. The molecular formula is C20H22O4. The minimum atomic E-state index is -0.511. The van der Waals surface area contributed by atoms with Crippen LogP contribution in [0, 0.1) is 5.92 Å². The molecule has 4 nitrogen and oxygen atoms in total. The van der Waals surface area contributed by atoms with Gasteiger partial charge in [-0.05, 0) is 23.6 Å². The fourth-order valence-electron chi connectivity index (χ4n) is 2.14. The second-order valence-electron chi connectivity index (χ2n) is 5.91. The average molecular weight is 326 g/mol. The molecule has 0 aromatic heterocycles. The van der Waals surface area contributed by atoms with Crippen molar-refractivity contribution in [2.24, 2.45) is 5.92 Å². The summed E-state index contributed by atoms with van der Waals surface area (Å²) in [7, 11) is 0. The van der Waals surface area contributed by atoms with Crippen LogP contribution < -0.4 is 0 Å². The van der Waals surface area contributed by atoms with E-state index < -0.39 is 11.9 Å². The number of rotatable bonds is 7. The summed E-state index contributed by atoms with van der Waals surface area (Å²) in [6.45, 7) is 4.49. The maximum Gasteiger partial charge on any atom is 0.339 e. The normalized spacial score (nSPS) is 10.5. The van der Waals surface area contributed by atoms with E-state index in [2.05, 4.69) is 0 Å². The molecule has 126 valence electrons. The van der Waals surface area contributed by atoms with Gasteiger partial charge >= 0.3 is 11.9 Å². The van der Waals surface area contributed by atoms with E-state index in [1.54, 1.807) is 24.3 Å². The van der Waals surface area contributed by atoms with Crippen LogP contribution in [0.15, 0.2) is 54.6 Å². The van der Waals surface area contributed by atoms with Crippen molar-refractivity contribution in [2.75, 3.05) is 13.2 Å². The molecule has 24 heavy (non-hydrogen) atoms. The zero-order valence-electron chi connectivity index (χ0n) is 14.0. The monoisotopic (exact) mass is 326 g/mol. The standard InChI is InChI=1S/C20H22O4/c1-15(2)14-24-20(22)18-11-7-6-10-17(18)19(21)23-13-12-16-8-4-3-5-9-16/h3-11,15H,12-14H2,1-2H3. The lowest BCUT2D eigenvalue weighted by atomic mass is 10.1. The molecule has 2 aromatic rings. The Balaban J connectivity index is 1.97. The second-order valence-corrected chi connectivity index (χ2v) is 5.91. The summed E-state index contributed by atoms with van der Waals surface area (Å²) in [5.74, 6) is -0.777. The topological polar surface area (TPSA) is 52.6 Å². The highest BCUT2D eigenvalue weighted by Gasteiger charge is 2.19. The van der Waals surface area contributed by atoms with Gasteiger partial charge in [-0.25, -0.2) is 9.59 Å². The molecular weight excluding hydrogens is 304 g/mol. The van der Waals surface area contributed by atoms with Crippen molar-refractivity contribution in [1.29, 1.82) is 0 Å². The quantitative estimate of drug-likeness (QED) is 0.724. The Labute approximate surface area is 142 Å². The van der Waals surface area contributed by atoms with Crippen LogP contribution in [0.2, 0.25) is 0 Å². The van der Waals surface area contributed by atoms with Gasteiger partial charge in [0.2, 0.25) is 0 Å². The Morgan fingerprint density at radius 1 is 0.833 bits per heavy atom. The first-order valence-corrected chi connectivity index (χ1v) is 8.05. The molecule has 2 aromatic carbocycles. The summed E-state index contributed by atoms with van der Waals surface area (Å²) in [5, 5.41) is 0. The second kappa shape index (κ2) is 8.87. The number of hydrogen-bond acceptors (Lipinski definition) is 4. The predicted octanol–water partition coefficient (Wildman–Crippen LogP) is 3.90. The number of carbonyl (C=O) groups is 2. The largest absolute Gasteiger partial charge is 0.462 e. The number of carbonyl (C=O) groups excluding carboxylic acids is 2. The molecule has 0 fully saturated rings. The Bertz CT molecular complexity index is 677. The summed E-state index contributed by atoms with van der Waals surface area (Å²) < 4.78 is 10.5. The minimum absolute atomic E-state index is 0.235. The first-order valence-electron chi connectivity index (χ1n) is 8.05. The zero-order valence-corrected chi connectivity index (χ0v) is 14.0. The molecule has 0 aliphatic carbocycles. The van der Waals surface area contributed by atoms with Crippen LogP contribution in [0.25, 0.3) is 0 Å². The van der Waals surface area contributed by atoms with E-state index >= 15 is 0 Å². The third kappa shape index (κ3) is 5.23. The summed E-state index contributed by atoms with van der Waals surface area (Å²) in [6, 6.07) is 16.3. The molecule has 0 bridgehead atoms. The van der Waals surface area contributed by atoms with Gasteiger partial charge in [-0.2, -0.15) is 0 Å². The van der Waals surface area contributed by atoms with Gasteiger partial charge in [0.15, 0.2) is 0 Å². The van der Waals surface area contributed by atoms with Crippen molar-refractivity contribution < 1.29 is 19.1 Å². The van der Waals surface area contributed by atoms with E-state index in [9.17, 15) is 9.59 Å². The molecule has 4 heteroatoms. The lowest BCUT2D eigenvalue weighted by molar-refractivity contribution is 0.0431. The summed E-state index contributed by atoms with van der Waals surface area (Å²) >= 11 is 0. The van der Waals surface area contributed by atoms with Crippen LogP contribution in [0.3, 0.4) is 0 Å². The lowest BCUT2D eigenvalue weighted by Crippen LogP contribution is -2.16. The van der Waals surface area contributed by atoms with E-state index in [4.69, 9.17) is 9.47 Å². The van der Waals surface area contributed by atoms with E-state index in [1.807, 2.05) is 44.2 Å². The molecule has 0 aliphatic rings. The summed E-state index contributed by atoms with van der Waals surface area (Å²) in [4.78, 5) is 24.4. The summed E-state index contributed by atoms with van der Waals surface area (Å²) in [6.07, 6.45) is 0.631. The molecule has 0 atom stereocenters. The van der Waals surface area contributed by atoms with E-state index in [0.29, 0.717) is 13.0 Å². The number of esters is 2. The van der Waals surface area contributed by atoms with Gasteiger partial charge in [0, 0.05) is 6.42 Å². The molecule has 0 amide bonds. The maximum absolute atomic E-state index is 12.3. The van der Waals surface area contributed by atoms with Crippen molar-refractivity contribution in [1.82, 2.24) is 0 Å². The Kier molecular flexibility index (Phi) is 6.55. The van der Waals surface area contributed by atoms with Gasteiger partial charge in [0.1, 0.15) is 0 Å². The smallest absolute Gasteiger partial charge is 0.339 e. The molecule has 0 radical (unpaired) electrons. The van der Waals surface area contributed by atoms with Crippen LogP contribution in [-0.2, 0) is 15.9 Å². The first-order chi connectivity index (χ1) is 11.6. The van der Waals surface area contributed by atoms with Crippen molar-refractivity contribution in [3.63, 3.8) is 0 Å². The first kappa shape index (κ1) is 17.7. The predicted molar refractivity (Wildman–Crippen MR) is 92.0 cm³/mol. The van der Waals surface area contributed by atoms with Crippen LogP contribution in [0.1, 0.15) is 40.1 Å². The third-order valence-corrected chi connectivity index (χ3v) is 3.38. The number of ether oxygens (including phenoxy) is 2. The van der Waals surface area contributed by atoms with Gasteiger partial charge < -0.3 is 9.47 Å². The van der Waals surface area contributed by atoms with E-state index in [1.165, 1.54) is 0 Å². The summed E-state index contributed by atoms with van der Waals surface area (Å²) in [5.41, 5.74) is 1.57. The zero-order chi connectivity index (χ0) is 17.4. The Morgan fingerprint density at radius 3 is 1.96 bits per heavy atom. The van der Waals surface area contributed by atoms with Crippen molar-refractivity contribution in [2.45, 2.75) is 20.3 Å². The molecule has 0 unspecified atom stereocenters. The highest BCUT2D eigenvalue weighted by Crippen LogP contribution is 2.13. The molecule has 0 spiro atoms. The highest BCUT2D eigenvalue weighted by atomic mass is 16.5. The van der Waals surface area contributed by atoms with Crippen LogP contribution in [-0.4, -0.2) is 25.2 Å². The van der Waals surface area contributed by atoms with Crippen LogP contribution >= 0.6 is 0 Å².